The molecule has 0 saturated carbocycles. The molecule has 1 saturated heterocycles. The van der Waals surface area contributed by atoms with Crippen LogP contribution in [0.5, 0.6) is 0 Å². The normalized spacial score (nSPS) is 15.2. The van der Waals surface area contributed by atoms with Crippen molar-refractivity contribution in [2.45, 2.75) is 40.2 Å². The van der Waals surface area contributed by atoms with Crippen LogP contribution in [-0.2, 0) is 9.53 Å². The molecule has 1 aliphatic rings. The lowest BCUT2D eigenvalue weighted by atomic mass is 10.2. The Hall–Kier alpha value is -1.99. The van der Waals surface area contributed by atoms with Crippen molar-refractivity contribution < 1.29 is 19.1 Å². The second-order valence-corrected chi connectivity index (χ2v) is 7.13. The number of carbonyl (C=O) groups excluding carboxylic acids is 3. The Kier molecular flexibility index (Phi) is 7.31. The first kappa shape index (κ1) is 20.1. The van der Waals surface area contributed by atoms with Gasteiger partial charge in [0.1, 0.15) is 5.60 Å². The fraction of sp³-hybridized carbons (Fsp3) is 0.812. The minimum Gasteiger partial charge on any atom is -0.444 e. The number of hydrogen-bond acceptors (Lipinski definition) is 4. The van der Waals surface area contributed by atoms with Gasteiger partial charge in [-0.05, 0) is 20.8 Å². The number of carbonyl (C=O) groups is 3. The summed E-state index contributed by atoms with van der Waals surface area (Å²) in [6.07, 6.45) is -0.348. The third-order valence-electron chi connectivity index (χ3n) is 3.44. The van der Waals surface area contributed by atoms with Gasteiger partial charge in [-0.25, -0.2) is 9.59 Å². The lowest BCUT2D eigenvalue weighted by Gasteiger charge is -2.35. The Bertz CT molecular complexity index is 451. The molecule has 0 aromatic carbocycles. The lowest BCUT2D eigenvalue weighted by molar-refractivity contribution is -0.123. The van der Waals surface area contributed by atoms with Crippen LogP contribution in [0.2, 0.25) is 0 Å². The molecule has 0 radical (unpaired) electrons. The number of piperazine rings is 1. The van der Waals surface area contributed by atoms with Gasteiger partial charge in [0, 0.05) is 45.2 Å². The third kappa shape index (κ3) is 7.06. The van der Waals surface area contributed by atoms with Crippen LogP contribution in [-0.4, -0.2) is 72.7 Å². The fourth-order valence-electron chi connectivity index (χ4n) is 2.09. The van der Waals surface area contributed by atoms with Gasteiger partial charge in [-0.3, -0.25) is 4.79 Å². The zero-order valence-corrected chi connectivity index (χ0v) is 15.3. The highest BCUT2D eigenvalue weighted by molar-refractivity contribution is 5.78. The predicted molar refractivity (Wildman–Crippen MR) is 90.6 cm³/mol. The van der Waals surface area contributed by atoms with E-state index in [1.807, 2.05) is 34.6 Å². The zero-order valence-electron chi connectivity index (χ0n) is 15.3. The topological polar surface area (TPSA) is 91.0 Å². The second kappa shape index (κ2) is 8.75. The summed E-state index contributed by atoms with van der Waals surface area (Å²) < 4.78 is 5.32. The summed E-state index contributed by atoms with van der Waals surface area (Å²) in [6.45, 7) is 11.7. The fourth-order valence-corrected chi connectivity index (χ4v) is 2.09. The Morgan fingerprint density at radius 1 is 0.958 bits per heavy atom. The maximum absolute atomic E-state index is 12.0. The average Bonchev–Trinajstić information content (AvgIpc) is 2.49. The van der Waals surface area contributed by atoms with Gasteiger partial charge in [0.15, 0.2) is 0 Å². The zero-order chi connectivity index (χ0) is 18.3. The first-order valence-electron chi connectivity index (χ1n) is 8.38. The molecule has 0 aromatic rings. The standard InChI is InChI=1S/C16H30N4O4/c1-12(2)13(21)17-6-7-18-14(22)19-8-10-20(11-9-19)15(23)24-16(3,4)5/h12H,6-11H2,1-5H3,(H,17,21)(H,18,22). The summed E-state index contributed by atoms with van der Waals surface area (Å²) in [7, 11) is 0. The Labute approximate surface area is 143 Å². The van der Waals surface area contributed by atoms with Crippen LogP contribution < -0.4 is 10.6 Å². The number of ether oxygens (including phenoxy) is 1. The maximum atomic E-state index is 12.0. The van der Waals surface area contributed by atoms with Crippen molar-refractivity contribution in [1.82, 2.24) is 20.4 Å². The van der Waals surface area contributed by atoms with E-state index in [0.29, 0.717) is 39.3 Å². The molecule has 1 aliphatic heterocycles. The summed E-state index contributed by atoms with van der Waals surface area (Å²) in [5, 5.41) is 5.51. The predicted octanol–water partition coefficient (Wildman–Crippen LogP) is 1.02. The van der Waals surface area contributed by atoms with Gasteiger partial charge in [-0.15, -0.1) is 0 Å². The van der Waals surface area contributed by atoms with Crippen LogP contribution in [0.4, 0.5) is 9.59 Å². The van der Waals surface area contributed by atoms with Crippen molar-refractivity contribution in [3.63, 3.8) is 0 Å². The Morgan fingerprint density at radius 3 is 1.96 bits per heavy atom. The molecule has 1 rings (SSSR count). The Morgan fingerprint density at radius 2 is 1.46 bits per heavy atom. The van der Waals surface area contributed by atoms with Gasteiger partial charge >= 0.3 is 12.1 Å². The summed E-state index contributed by atoms with van der Waals surface area (Å²) in [6, 6.07) is -0.183. The van der Waals surface area contributed by atoms with Crippen molar-refractivity contribution in [2.24, 2.45) is 5.92 Å². The average molecular weight is 342 g/mol. The molecule has 2 N–H and O–H groups in total. The molecule has 8 nitrogen and oxygen atoms in total. The van der Waals surface area contributed by atoms with E-state index in [-0.39, 0.29) is 23.9 Å². The van der Waals surface area contributed by atoms with Gasteiger partial charge < -0.3 is 25.2 Å². The van der Waals surface area contributed by atoms with Gasteiger partial charge in [0.25, 0.3) is 0 Å². The highest BCUT2D eigenvalue weighted by atomic mass is 16.6. The molecule has 0 atom stereocenters. The molecule has 1 fully saturated rings. The van der Waals surface area contributed by atoms with E-state index in [0.717, 1.165) is 0 Å². The van der Waals surface area contributed by atoms with Gasteiger partial charge in [0.2, 0.25) is 5.91 Å². The van der Waals surface area contributed by atoms with Gasteiger partial charge in [-0.1, -0.05) is 13.8 Å². The van der Waals surface area contributed by atoms with Crippen LogP contribution in [0, 0.1) is 5.92 Å². The van der Waals surface area contributed by atoms with E-state index in [4.69, 9.17) is 4.74 Å². The number of nitrogens with one attached hydrogen (secondary N) is 2. The number of amides is 4. The van der Waals surface area contributed by atoms with E-state index in [1.54, 1.807) is 9.80 Å². The van der Waals surface area contributed by atoms with Crippen LogP contribution in [0.25, 0.3) is 0 Å². The van der Waals surface area contributed by atoms with Crippen LogP contribution >= 0.6 is 0 Å². The highest BCUT2D eigenvalue weighted by Crippen LogP contribution is 2.11. The quantitative estimate of drug-likeness (QED) is 0.746. The number of rotatable bonds is 4. The van der Waals surface area contributed by atoms with Crippen molar-refractivity contribution in [2.75, 3.05) is 39.3 Å². The van der Waals surface area contributed by atoms with E-state index in [9.17, 15) is 14.4 Å². The van der Waals surface area contributed by atoms with Crippen molar-refractivity contribution in [3.05, 3.63) is 0 Å². The summed E-state index contributed by atoms with van der Waals surface area (Å²) in [5.41, 5.74) is -0.522. The first-order chi connectivity index (χ1) is 11.1. The highest BCUT2D eigenvalue weighted by Gasteiger charge is 2.27. The van der Waals surface area contributed by atoms with Gasteiger partial charge in [0.05, 0.1) is 0 Å². The first-order valence-corrected chi connectivity index (χ1v) is 8.38. The van der Waals surface area contributed by atoms with E-state index in [1.165, 1.54) is 0 Å². The van der Waals surface area contributed by atoms with E-state index < -0.39 is 5.60 Å². The SMILES string of the molecule is CC(C)C(=O)NCCNC(=O)N1CCN(C(=O)OC(C)(C)C)CC1. The molecule has 0 spiro atoms. The molecule has 0 unspecified atom stereocenters. The maximum Gasteiger partial charge on any atom is 0.410 e. The smallest absolute Gasteiger partial charge is 0.410 e. The van der Waals surface area contributed by atoms with Crippen LogP contribution in [0.3, 0.4) is 0 Å². The molecular weight excluding hydrogens is 312 g/mol. The summed E-state index contributed by atoms with van der Waals surface area (Å²) in [4.78, 5) is 38.7. The number of hydrogen-bond donors (Lipinski definition) is 2. The minimum absolute atomic E-state index is 0.0322. The number of nitrogens with zero attached hydrogens (tertiary/aromatic N) is 2. The monoisotopic (exact) mass is 342 g/mol. The molecule has 138 valence electrons. The van der Waals surface area contributed by atoms with Crippen molar-refractivity contribution in [1.29, 1.82) is 0 Å². The molecule has 8 heteroatoms. The van der Waals surface area contributed by atoms with Gasteiger partial charge in [-0.2, -0.15) is 0 Å². The molecular formula is C16H30N4O4. The molecule has 0 aromatic heterocycles. The summed E-state index contributed by atoms with van der Waals surface area (Å²) in [5.74, 6) is -0.100. The molecule has 24 heavy (non-hydrogen) atoms. The number of urea groups is 1. The Balaban J connectivity index is 2.26. The summed E-state index contributed by atoms with van der Waals surface area (Å²) >= 11 is 0. The van der Waals surface area contributed by atoms with Crippen LogP contribution in [0.15, 0.2) is 0 Å². The second-order valence-electron chi connectivity index (χ2n) is 7.13. The largest absolute Gasteiger partial charge is 0.444 e. The molecule has 0 bridgehead atoms. The minimum atomic E-state index is -0.522. The van der Waals surface area contributed by atoms with Crippen molar-refractivity contribution >= 4 is 18.0 Å². The molecule has 0 aliphatic carbocycles. The molecule has 1 heterocycles. The van der Waals surface area contributed by atoms with E-state index >= 15 is 0 Å². The molecule has 4 amide bonds. The van der Waals surface area contributed by atoms with Crippen molar-refractivity contribution in [3.8, 4) is 0 Å². The van der Waals surface area contributed by atoms with Crippen LogP contribution in [0.1, 0.15) is 34.6 Å². The lowest BCUT2D eigenvalue weighted by Crippen LogP contribution is -2.54. The van der Waals surface area contributed by atoms with E-state index in [2.05, 4.69) is 10.6 Å². The third-order valence-corrected chi connectivity index (χ3v) is 3.44.